The first kappa shape index (κ1) is 14.0. The number of fused-ring (bicyclic) bond motifs is 1. The minimum absolute atomic E-state index is 0.119. The van der Waals surface area contributed by atoms with E-state index >= 15 is 0 Å². The summed E-state index contributed by atoms with van der Waals surface area (Å²) in [6.45, 7) is 4.93. The number of carbonyl (C=O) groups excluding carboxylic acids is 2. The lowest BCUT2D eigenvalue weighted by Crippen LogP contribution is -2.42. The minimum atomic E-state index is 0.119. The average Bonchev–Trinajstić information content (AvgIpc) is 2.96. The molecule has 2 heterocycles. The molecule has 0 saturated carbocycles. The molecule has 1 aromatic rings. The summed E-state index contributed by atoms with van der Waals surface area (Å²) in [5.74, 6) is 0.119. The number of nitrogens with one attached hydrogen (secondary N) is 1. The Labute approximate surface area is 113 Å². The average molecular weight is 263 g/mol. The zero-order valence-electron chi connectivity index (χ0n) is 11.6. The Morgan fingerprint density at radius 3 is 2.16 bits per heavy atom. The lowest BCUT2D eigenvalue weighted by molar-refractivity contribution is 0.0990. The summed E-state index contributed by atoms with van der Waals surface area (Å²) in [4.78, 5) is 28.8. The highest BCUT2D eigenvalue weighted by atomic mass is 16.1. The summed E-state index contributed by atoms with van der Waals surface area (Å²) in [6.07, 6.45) is 2.09. The van der Waals surface area contributed by atoms with Gasteiger partial charge in [-0.05, 0) is 32.1 Å². The number of likely N-dealkylation sites (N-methyl/N-ethyl adjacent to an activating group) is 2. The largest absolute Gasteiger partial charge is 0.350 e. The van der Waals surface area contributed by atoms with Gasteiger partial charge in [-0.2, -0.15) is 0 Å². The molecule has 3 rings (SSSR count). The van der Waals surface area contributed by atoms with Crippen molar-refractivity contribution in [2.45, 2.75) is 12.8 Å². The number of rotatable bonds is 1. The smallest absolute Gasteiger partial charge is 0.179 e. The monoisotopic (exact) mass is 263 g/mol. The fourth-order valence-corrected chi connectivity index (χ4v) is 2.31. The molecule has 1 N–H and O–H groups in total. The van der Waals surface area contributed by atoms with Crippen LogP contribution in [0.4, 0.5) is 0 Å². The number of aryl methyl sites for hydroxylation is 1. The van der Waals surface area contributed by atoms with Crippen LogP contribution in [-0.2, 0) is 6.42 Å². The number of H-pyrrole nitrogens is 1. The van der Waals surface area contributed by atoms with E-state index in [0.717, 1.165) is 18.3 Å². The summed E-state index contributed by atoms with van der Waals surface area (Å²) in [5, 5.41) is 0. The fraction of sp³-hybridized carbons (Fsp3) is 0.571. The first-order valence-electron chi connectivity index (χ1n) is 6.67. The van der Waals surface area contributed by atoms with E-state index in [1.807, 2.05) is 0 Å². The highest BCUT2D eigenvalue weighted by Gasteiger charge is 2.21. The van der Waals surface area contributed by atoms with Gasteiger partial charge < -0.3 is 14.8 Å². The predicted octanol–water partition coefficient (Wildman–Crippen LogP) is 0.820. The molecule has 0 unspecified atom stereocenters. The van der Waals surface area contributed by atoms with Gasteiger partial charge in [0.2, 0.25) is 0 Å². The Hall–Kier alpha value is -1.46. The topological polar surface area (TPSA) is 56.4 Å². The predicted molar refractivity (Wildman–Crippen MR) is 73.8 cm³/mol. The lowest BCUT2D eigenvalue weighted by atomic mass is 10.2. The Balaban J connectivity index is 0.000000148. The van der Waals surface area contributed by atoms with E-state index in [4.69, 9.17) is 0 Å². The van der Waals surface area contributed by atoms with Crippen LogP contribution in [0, 0.1) is 0 Å². The second kappa shape index (κ2) is 6.12. The number of hydrogen-bond donors (Lipinski definition) is 1. The van der Waals surface area contributed by atoms with Gasteiger partial charge in [0.15, 0.2) is 12.1 Å². The summed E-state index contributed by atoms with van der Waals surface area (Å²) < 4.78 is 0. The van der Waals surface area contributed by atoms with Crippen LogP contribution in [0.1, 0.15) is 33.0 Å². The maximum Gasteiger partial charge on any atom is 0.179 e. The quantitative estimate of drug-likeness (QED) is 0.762. The maximum absolute atomic E-state index is 11.0. The molecule has 1 aliphatic carbocycles. The molecular weight excluding hydrogens is 242 g/mol. The van der Waals surface area contributed by atoms with Gasteiger partial charge in [0.05, 0.1) is 11.4 Å². The minimum Gasteiger partial charge on any atom is -0.350 e. The van der Waals surface area contributed by atoms with Gasteiger partial charge in [-0.3, -0.25) is 9.59 Å². The Bertz CT molecular complexity index is 449. The van der Waals surface area contributed by atoms with Gasteiger partial charge in [-0.15, -0.1) is 0 Å². The third-order valence-electron chi connectivity index (χ3n) is 3.67. The Kier molecular flexibility index (Phi) is 4.50. The number of hydrogen-bond acceptors (Lipinski definition) is 4. The summed E-state index contributed by atoms with van der Waals surface area (Å²) in [6, 6.07) is 1.74. The maximum atomic E-state index is 11.0. The highest BCUT2D eigenvalue weighted by molar-refractivity contribution is 5.99. The van der Waals surface area contributed by atoms with Crippen molar-refractivity contribution in [2.24, 2.45) is 0 Å². The Morgan fingerprint density at radius 1 is 1.11 bits per heavy atom. The molecule has 5 heteroatoms. The molecule has 0 atom stereocenters. The van der Waals surface area contributed by atoms with Crippen molar-refractivity contribution >= 4 is 12.1 Å². The summed E-state index contributed by atoms with van der Waals surface area (Å²) in [5.41, 5.74) is 2.12. The zero-order valence-corrected chi connectivity index (χ0v) is 11.6. The molecule has 0 radical (unpaired) electrons. The second-order valence-corrected chi connectivity index (χ2v) is 5.27. The number of aromatic nitrogens is 1. The Morgan fingerprint density at radius 2 is 1.68 bits per heavy atom. The van der Waals surface area contributed by atoms with Gasteiger partial charge in [-0.1, -0.05) is 0 Å². The SMILES string of the molecule is CN1CCN(C)CC1.O=Cc1cc2c([nH]1)C(=O)CC2. The van der Waals surface area contributed by atoms with Crippen LogP contribution in [0.5, 0.6) is 0 Å². The van der Waals surface area contributed by atoms with Crippen molar-refractivity contribution in [2.75, 3.05) is 40.3 Å². The summed E-state index contributed by atoms with van der Waals surface area (Å²) in [7, 11) is 4.35. The van der Waals surface area contributed by atoms with E-state index in [0.29, 0.717) is 17.8 Å². The van der Waals surface area contributed by atoms with Gasteiger partial charge >= 0.3 is 0 Å². The van der Waals surface area contributed by atoms with E-state index < -0.39 is 0 Å². The molecule has 0 bridgehead atoms. The normalized spacial score (nSPS) is 19.8. The van der Waals surface area contributed by atoms with Crippen LogP contribution in [0.3, 0.4) is 0 Å². The first-order chi connectivity index (χ1) is 9.10. The standard InChI is InChI=1S/C8H7NO2.C6H14N2/c10-4-6-3-5-1-2-7(11)8(5)9-6;1-7-3-5-8(2)6-4-7/h3-4,9H,1-2H2;3-6H2,1-2H3. The first-order valence-corrected chi connectivity index (χ1v) is 6.67. The van der Waals surface area contributed by atoms with Crippen molar-refractivity contribution in [3.8, 4) is 0 Å². The number of piperazine rings is 1. The van der Waals surface area contributed by atoms with Crippen molar-refractivity contribution in [3.63, 3.8) is 0 Å². The van der Waals surface area contributed by atoms with Crippen molar-refractivity contribution in [1.29, 1.82) is 0 Å². The molecule has 0 amide bonds. The van der Waals surface area contributed by atoms with Crippen LogP contribution < -0.4 is 0 Å². The molecule has 0 spiro atoms. The summed E-state index contributed by atoms with van der Waals surface area (Å²) >= 11 is 0. The molecule has 104 valence electrons. The van der Waals surface area contributed by atoms with Gasteiger partial charge in [0, 0.05) is 32.6 Å². The highest BCUT2D eigenvalue weighted by Crippen LogP contribution is 2.21. The second-order valence-electron chi connectivity index (χ2n) is 5.27. The van der Waals surface area contributed by atoms with E-state index in [1.165, 1.54) is 26.2 Å². The van der Waals surface area contributed by atoms with Crippen molar-refractivity contribution in [3.05, 3.63) is 23.0 Å². The van der Waals surface area contributed by atoms with Crippen LogP contribution in [0.2, 0.25) is 0 Å². The molecule has 1 saturated heterocycles. The van der Waals surface area contributed by atoms with Gasteiger partial charge in [-0.25, -0.2) is 0 Å². The molecule has 1 fully saturated rings. The van der Waals surface area contributed by atoms with E-state index in [2.05, 4.69) is 28.9 Å². The number of nitrogens with zero attached hydrogens (tertiary/aromatic N) is 2. The van der Waals surface area contributed by atoms with Gasteiger partial charge in [0.25, 0.3) is 0 Å². The van der Waals surface area contributed by atoms with E-state index in [-0.39, 0.29) is 5.78 Å². The van der Waals surface area contributed by atoms with Crippen molar-refractivity contribution in [1.82, 2.24) is 14.8 Å². The lowest BCUT2D eigenvalue weighted by Gasteiger charge is -2.28. The van der Waals surface area contributed by atoms with Crippen LogP contribution in [0.15, 0.2) is 6.07 Å². The van der Waals surface area contributed by atoms with Crippen LogP contribution in [-0.4, -0.2) is 67.1 Å². The molecule has 1 aliphatic heterocycles. The molecule has 19 heavy (non-hydrogen) atoms. The molecular formula is C14H21N3O2. The van der Waals surface area contributed by atoms with Crippen LogP contribution >= 0.6 is 0 Å². The number of aldehydes is 1. The third kappa shape index (κ3) is 3.52. The fourth-order valence-electron chi connectivity index (χ4n) is 2.31. The van der Waals surface area contributed by atoms with Crippen molar-refractivity contribution < 1.29 is 9.59 Å². The van der Waals surface area contributed by atoms with Gasteiger partial charge in [0.1, 0.15) is 0 Å². The molecule has 5 nitrogen and oxygen atoms in total. The van der Waals surface area contributed by atoms with Crippen LogP contribution in [0.25, 0.3) is 0 Å². The molecule has 0 aromatic carbocycles. The number of ketones is 1. The third-order valence-corrected chi connectivity index (χ3v) is 3.67. The molecule has 2 aliphatic rings. The number of carbonyl (C=O) groups is 2. The number of Topliss-reactive ketones (excluding diaryl/α,β-unsaturated/α-hetero) is 1. The zero-order chi connectivity index (χ0) is 13.8. The number of aromatic amines is 1. The van der Waals surface area contributed by atoms with E-state index in [9.17, 15) is 9.59 Å². The van der Waals surface area contributed by atoms with E-state index in [1.54, 1.807) is 6.07 Å². The molecule has 1 aromatic heterocycles.